The number of aliphatic hydroxyl groups excluding tert-OH is 1. The summed E-state index contributed by atoms with van der Waals surface area (Å²) in [6.45, 7) is 0.916. The molecule has 6 nitrogen and oxygen atoms in total. The van der Waals surface area contributed by atoms with Gasteiger partial charge in [0.2, 0.25) is 0 Å². The summed E-state index contributed by atoms with van der Waals surface area (Å²) in [4.78, 5) is 29.2. The molecule has 0 aliphatic carbocycles. The second-order valence-electron chi connectivity index (χ2n) is 7.05. The lowest BCUT2D eigenvalue weighted by molar-refractivity contribution is -0.140. The molecule has 1 fully saturated rings. The van der Waals surface area contributed by atoms with E-state index in [1.807, 2.05) is 19.0 Å². The van der Waals surface area contributed by atoms with Crippen molar-refractivity contribution in [2.24, 2.45) is 0 Å². The van der Waals surface area contributed by atoms with Crippen molar-refractivity contribution in [3.8, 4) is 5.75 Å². The smallest absolute Gasteiger partial charge is 0.295 e. The Morgan fingerprint density at radius 2 is 1.79 bits per heavy atom. The summed E-state index contributed by atoms with van der Waals surface area (Å²) in [6, 6.07) is 13.1. The predicted octanol–water partition coefficient (Wildman–Crippen LogP) is 3.33. The van der Waals surface area contributed by atoms with E-state index in [1.165, 1.54) is 12.0 Å². The number of benzene rings is 2. The molecule has 0 bridgehead atoms. The van der Waals surface area contributed by atoms with Gasteiger partial charge < -0.3 is 19.6 Å². The van der Waals surface area contributed by atoms with Gasteiger partial charge in [0.25, 0.3) is 11.7 Å². The molecule has 29 heavy (non-hydrogen) atoms. The molecule has 1 amide bonds. The SMILES string of the molecule is COc1ccccc1/C(O)=C1\C(=O)C(=O)N(CCN(C)C)C1c1ccc(Cl)cc1. The number of ketones is 1. The Labute approximate surface area is 174 Å². The molecule has 1 heterocycles. The van der Waals surface area contributed by atoms with Crippen LogP contribution in [0.4, 0.5) is 0 Å². The monoisotopic (exact) mass is 414 g/mol. The first-order valence-electron chi connectivity index (χ1n) is 9.17. The maximum absolute atomic E-state index is 12.9. The van der Waals surface area contributed by atoms with Gasteiger partial charge >= 0.3 is 0 Å². The lowest BCUT2D eigenvalue weighted by Gasteiger charge is -2.26. The van der Waals surface area contributed by atoms with Crippen molar-refractivity contribution in [3.05, 3.63) is 70.3 Å². The van der Waals surface area contributed by atoms with Gasteiger partial charge in [-0.15, -0.1) is 0 Å². The van der Waals surface area contributed by atoms with Gasteiger partial charge in [0.1, 0.15) is 11.5 Å². The summed E-state index contributed by atoms with van der Waals surface area (Å²) in [7, 11) is 5.27. The highest BCUT2D eigenvalue weighted by Gasteiger charge is 2.46. The third kappa shape index (κ3) is 4.13. The van der Waals surface area contributed by atoms with Gasteiger partial charge in [-0.1, -0.05) is 35.9 Å². The molecule has 1 aliphatic rings. The number of likely N-dealkylation sites (N-methyl/N-ethyl adjacent to an activating group) is 1. The molecule has 0 saturated carbocycles. The third-order valence-corrected chi connectivity index (χ3v) is 5.13. The van der Waals surface area contributed by atoms with Crippen molar-refractivity contribution in [3.63, 3.8) is 0 Å². The highest BCUT2D eigenvalue weighted by atomic mass is 35.5. The van der Waals surface area contributed by atoms with E-state index in [9.17, 15) is 14.7 Å². The van der Waals surface area contributed by atoms with Crippen molar-refractivity contribution in [1.29, 1.82) is 0 Å². The molecule has 2 aromatic carbocycles. The third-order valence-electron chi connectivity index (χ3n) is 4.88. The second kappa shape index (κ2) is 8.68. The van der Waals surface area contributed by atoms with Crippen LogP contribution in [0.1, 0.15) is 17.2 Å². The molecule has 1 aliphatic heterocycles. The van der Waals surface area contributed by atoms with Crippen LogP contribution in [0.15, 0.2) is 54.1 Å². The van der Waals surface area contributed by atoms with E-state index in [0.717, 1.165) is 0 Å². The minimum Gasteiger partial charge on any atom is -0.507 e. The Morgan fingerprint density at radius 1 is 1.14 bits per heavy atom. The first-order chi connectivity index (χ1) is 13.8. The van der Waals surface area contributed by atoms with Crippen LogP contribution in [-0.2, 0) is 9.59 Å². The first kappa shape index (κ1) is 20.9. The Morgan fingerprint density at radius 3 is 2.41 bits per heavy atom. The fourth-order valence-corrected chi connectivity index (χ4v) is 3.52. The van der Waals surface area contributed by atoms with Gasteiger partial charge in [-0.05, 0) is 43.9 Å². The average Bonchev–Trinajstić information content (AvgIpc) is 2.97. The quantitative estimate of drug-likeness (QED) is 0.446. The number of hydrogen-bond acceptors (Lipinski definition) is 5. The first-order valence-corrected chi connectivity index (χ1v) is 9.55. The zero-order valence-corrected chi connectivity index (χ0v) is 17.3. The van der Waals surface area contributed by atoms with Gasteiger partial charge in [-0.3, -0.25) is 9.59 Å². The Hall–Kier alpha value is -2.83. The number of carbonyl (C=O) groups is 2. The molecule has 0 radical (unpaired) electrons. The van der Waals surface area contributed by atoms with Crippen LogP contribution in [0.2, 0.25) is 5.02 Å². The Balaban J connectivity index is 2.17. The molecule has 1 atom stereocenters. The standard InChI is InChI=1S/C22H23ClN2O4/c1-24(2)12-13-25-19(14-8-10-15(23)11-9-14)18(21(27)22(25)28)20(26)16-6-4-5-7-17(16)29-3/h4-11,19,26H,12-13H2,1-3H3/b20-18+. The van der Waals surface area contributed by atoms with Crippen LogP contribution in [0.5, 0.6) is 5.75 Å². The summed E-state index contributed by atoms with van der Waals surface area (Å²) in [5.74, 6) is -1.19. The van der Waals surface area contributed by atoms with E-state index in [4.69, 9.17) is 16.3 Å². The number of aliphatic hydroxyl groups is 1. The summed E-state index contributed by atoms with van der Waals surface area (Å²) in [5, 5.41) is 11.6. The van der Waals surface area contributed by atoms with Crippen LogP contribution in [0, 0.1) is 0 Å². The van der Waals surface area contributed by atoms with Crippen molar-refractivity contribution in [2.45, 2.75) is 6.04 Å². The fraction of sp³-hybridized carbons (Fsp3) is 0.273. The number of para-hydroxylation sites is 1. The van der Waals surface area contributed by atoms with Crippen LogP contribution in [0.3, 0.4) is 0 Å². The molecule has 3 rings (SSSR count). The van der Waals surface area contributed by atoms with Crippen LogP contribution < -0.4 is 4.74 Å². The maximum atomic E-state index is 12.9. The average molecular weight is 415 g/mol. The molecular weight excluding hydrogens is 392 g/mol. The number of methoxy groups -OCH3 is 1. The van der Waals surface area contributed by atoms with E-state index in [1.54, 1.807) is 48.5 Å². The summed E-state index contributed by atoms with van der Waals surface area (Å²) in [5.41, 5.74) is 1.10. The van der Waals surface area contributed by atoms with E-state index in [0.29, 0.717) is 35.0 Å². The van der Waals surface area contributed by atoms with Crippen molar-refractivity contribution >= 4 is 29.1 Å². The summed E-state index contributed by atoms with van der Waals surface area (Å²) >= 11 is 6.02. The number of rotatable bonds is 6. The Bertz CT molecular complexity index is 954. The number of hydrogen-bond donors (Lipinski definition) is 1. The van der Waals surface area contributed by atoms with Gasteiger partial charge in [-0.2, -0.15) is 0 Å². The van der Waals surface area contributed by atoms with Gasteiger partial charge in [0.05, 0.1) is 24.3 Å². The predicted molar refractivity (Wildman–Crippen MR) is 112 cm³/mol. The molecule has 1 saturated heterocycles. The number of amides is 1. The topological polar surface area (TPSA) is 70.1 Å². The number of carbonyl (C=O) groups excluding carboxylic acids is 2. The summed E-state index contributed by atoms with van der Waals surface area (Å²) < 4.78 is 5.32. The van der Waals surface area contributed by atoms with Crippen molar-refractivity contribution in [1.82, 2.24) is 9.80 Å². The Kier molecular flexibility index (Phi) is 6.25. The van der Waals surface area contributed by atoms with Crippen molar-refractivity contribution in [2.75, 3.05) is 34.3 Å². The van der Waals surface area contributed by atoms with E-state index in [-0.39, 0.29) is 11.3 Å². The molecule has 1 unspecified atom stereocenters. The van der Waals surface area contributed by atoms with Crippen LogP contribution in [-0.4, -0.2) is 60.9 Å². The minimum absolute atomic E-state index is 0.0422. The van der Waals surface area contributed by atoms with E-state index < -0.39 is 17.7 Å². The number of likely N-dealkylation sites (tertiary alicyclic amines) is 1. The fourth-order valence-electron chi connectivity index (χ4n) is 3.40. The molecular formula is C22H23ClN2O4. The molecule has 0 spiro atoms. The zero-order chi connectivity index (χ0) is 21.1. The van der Waals surface area contributed by atoms with Gasteiger partial charge in [-0.25, -0.2) is 0 Å². The van der Waals surface area contributed by atoms with E-state index in [2.05, 4.69) is 0 Å². The molecule has 7 heteroatoms. The molecule has 152 valence electrons. The number of nitrogens with zero attached hydrogens (tertiary/aromatic N) is 2. The number of Topliss-reactive ketones (excluding diaryl/α,β-unsaturated/α-hetero) is 1. The van der Waals surface area contributed by atoms with E-state index >= 15 is 0 Å². The zero-order valence-electron chi connectivity index (χ0n) is 16.6. The largest absolute Gasteiger partial charge is 0.507 e. The highest BCUT2D eigenvalue weighted by molar-refractivity contribution is 6.46. The molecule has 1 N–H and O–H groups in total. The second-order valence-corrected chi connectivity index (χ2v) is 7.48. The lowest BCUT2D eigenvalue weighted by Crippen LogP contribution is -2.35. The van der Waals surface area contributed by atoms with Crippen LogP contribution in [0.25, 0.3) is 5.76 Å². The molecule has 0 aromatic heterocycles. The number of ether oxygens (including phenoxy) is 1. The normalized spacial score (nSPS) is 18.5. The lowest BCUT2D eigenvalue weighted by atomic mass is 9.95. The minimum atomic E-state index is -0.716. The summed E-state index contributed by atoms with van der Waals surface area (Å²) in [6.07, 6.45) is 0. The van der Waals surface area contributed by atoms with Gasteiger partial charge in [0, 0.05) is 18.1 Å². The van der Waals surface area contributed by atoms with Crippen molar-refractivity contribution < 1.29 is 19.4 Å². The van der Waals surface area contributed by atoms with Crippen LogP contribution >= 0.6 is 11.6 Å². The highest BCUT2D eigenvalue weighted by Crippen LogP contribution is 2.40. The molecule has 2 aromatic rings. The maximum Gasteiger partial charge on any atom is 0.295 e. The van der Waals surface area contributed by atoms with Gasteiger partial charge in [0.15, 0.2) is 0 Å². The number of halogens is 1.